The Labute approximate surface area is 123 Å². The van der Waals surface area contributed by atoms with E-state index in [0.29, 0.717) is 11.3 Å². The molecule has 3 N–H and O–H groups in total. The number of aliphatic hydroxyl groups excluding tert-OH is 1. The van der Waals surface area contributed by atoms with Crippen LogP contribution in [0.1, 0.15) is 15.9 Å². The number of rotatable bonds is 6. The Morgan fingerprint density at radius 1 is 1.43 bits per heavy atom. The van der Waals surface area contributed by atoms with Crippen LogP contribution < -0.4 is 5.32 Å². The number of nitrogens with one attached hydrogen (secondary N) is 1. The molecule has 1 atom stereocenters. The minimum absolute atomic E-state index is 0.108. The van der Waals surface area contributed by atoms with E-state index in [1.807, 2.05) is 0 Å². The van der Waals surface area contributed by atoms with E-state index in [-0.39, 0.29) is 18.7 Å². The number of carboxylic acid groups (broad SMARTS) is 1. The molecule has 0 spiro atoms. The average Bonchev–Trinajstić information content (AvgIpc) is 2.40. The molecule has 0 radical (unpaired) electrons. The molecule has 0 aromatic heterocycles. The van der Waals surface area contributed by atoms with Crippen LogP contribution in [0.25, 0.3) is 0 Å². The minimum Gasteiger partial charge on any atom is -0.478 e. The second kappa shape index (κ2) is 7.61. The smallest absolute Gasteiger partial charge is 0.336 e. The molecule has 0 heterocycles. The Hall–Kier alpha value is -2.12. The number of benzene rings is 1. The van der Waals surface area contributed by atoms with Crippen molar-refractivity contribution in [2.24, 2.45) is 0 Å². The van der Waals surface area contributed by atoms with Crippen LogP contribution in [0.5, 0.6) is 0 Å². The summed E-state index contributed by atoms with van der Waals surface area (Å²) in [6.07, 6.45) is -0.780. The highest BCUT2D eigenvalue weighted by atomic mass is 16.5. The van der Waals surface area contributed by atoms with Crippen molar-refractivity contribution in [3.63, 3.8) is 0 Å². The average molecular weight is 296 g/mol. The number of aromatic carboxylic acids is 1. The minimum atomic E-state index is -1.05. The third-order valence-electron chi connectivity index (χ3n) is 3.00. The van der Waals surface area contributed by atoms with Gasteiger partial charge in [-0.1, -0.05) is 6.07 Å². The molecule has 0 aliphatic rings. The molecule has 0 bridgehead atoms. The first kappa shape index (κ1) is 16.9. The van der Waals surface area contributed by atoms with Gasteiger partial charge >= 0.3 is 12.0 Å². The number of ether oxygens (including phenoxy) is 1. The number of amides is 2. The zero-order valence-corrected chi connectivity index (χ0v) is 12.3. The monoisotopic (exact) mass is 296 g/mol. The predicted octanol–water partition coefficient (Wildman–Crippen LogP) is 1.16. The van der Waals surface area contributed by atoms with Gasteiger partial charge in [0.15, 0.2) is 0 Å². The normalized spacial score (nSPS) is 11.8. The molecule has 1 aromatic carbocycles. The SMILES string of the molecule is COCC(O)CN(C)C(=O)Nc1cccc(C(=O)O)c1C. The molecule has 0 aliphatic carbocycles. The van der Waals surface area contributed by atoms with Gasteiger partial charge in [-0.2, -0.15) is 0 Å². The van der Waals surface area contributed by atoms with Crippen molar-refractivity contribution in [3.05, 3.63) is 29.3 Å². The molecule has 1 unspecified atom stereocenters. The molecular formula is C14H20N2O5. The number of hydrogen-bond acceptors (Lipinski definition) is 4. The number of methoxy groups -OCH3 is 1. The number of urea groups is 1. The Balaban J connectivity index is 2.75. The summed E-state index contributed by atoms with van der Waals surface area (Å²) in [6.45, 7) is 1.86. The quantitative estimate of drug-likeness (QED) is 0.731. The van der Waals surface area contributed by atoms with Crippen LogP contribution in [0.3, 0.4) is 0 Å². The van der Waals surface area contributed by atoms with E-state index in [9.17, 15) is 14.7 Å². The third-order valence-corrected chi connectivity index (χ3v) is 3.00. The lowest BCUT2D eigenvalue weighted by Gasteiger charge is -2.21. The predicted molar refractivity (Wildman–Crippen MR) is 77.7 cm³/mol. The van der Waals surface area contributed by atoms with Gasteiger partial charge in [0, 0.05) is 19.8 Å². The van der Waals surface area contributed by atoms with E-state index in [1.165, 1.54) is 25.1 Å². The van der Waals surface area contributed by atoms with Gasteiger partial charge in [0.1, 0.15) is 0 Å². The fourth-order valence-corrected chi connectivity index (χ4v) is 1.86. The summed E-state index contributed by atoms with van der Waals surface area (Å²) in [4.78, 5) is 24.3. The van der Waals surface area contributed by atoms with Crippen molar-refractivity contribution < 1.29 is 24.5 Å². The molecule has 0 saturated heterocycles. The Kier molecular flexibility index (Phi) is 6.13. The van der Waals surface area contributed by atoms with Gasteiger partial charge < -0.3 is 25.2 Å². The fourth-order valence-electron chi connectivity index (χ4n) is 1.86. The molecule has 7 nitrogen and oxygen atoms in total. The maximum absolute atomic E-state index is 12.0. The van der Waals surface area contributed by atoms with Crippen LogP contribution >= 0.6 is 0 Å². The van der Waals surface area contributed by atoms with E-state index in [1.54, 1.807) is 19.1 Å². The van der Waals surface area contributed by atoms with Crippen LogP contribution in [-0.2, 0) is 4.74 Å². The highest BCUT2D eigenvalue weighted by molar-refractivity contribution is 5.95. The zero-order chi connectivity index (χ0) is 16.0. The second-order valence-electron chi connectivity index (χ2n) is 4.70. The maximum Gasteiger partial charge on any atom is 0.336 e. The topological polar surface area (TPSA) is 99.1 Å². The van der Waals surface area contributed by atoms with Gasteiger partial charge in [0.25, 0.3) is 0 Å². The fraction of sp³-hybridized carbons (Fsp3) is 0.429. The summed E-state index contributed by atoms with van der Waals surface area (Å²) >= 11 is 0. The number of hydrogen-bond donors (Lipinski definition) is 3. The lowest BCUT2D eigenvalue weighted by molar-refractivity contribution is 0.0501. The van der Waals surface area contributed by atoms with Crippen molar-refractivity contribution >= 4 is 17.7 Å². The number of carbonyl (C=O) groups is 2. The largest absolute Gasteiger partial charge is 0.478 e. The van der Waals surface area contributed by atoms with Gasteiger partial charge in [-0.05, 0) is 24.6 Å². The molecule has 21 heavy (non-hydrogen) atoms. The van der Waals surface area contributed by atoms with Gasteiger partial charge in [-0.15, -0.1) is 0 Å². The van der Waals surface area contributed by atoms with E-state index < -0.39 is 18.1 Å². The Bertz CT molecular complexity index is 518. The van der Waals surface area contributed by atoms with E-state index in [0.717, 1.165) is 0 Å². The van der Waals surface area contributed by atoms with E-state index in [4.69, 9.17) is 9.84 Å². The van der Waals surface area contributed by atoms with Crippen LogP contribution in [0, 0.1) is 6.92 Å². The standard InChI is InChI=1S/C14H20N2O5/c1-9-11(13(18)19)5-4-6-12(9)15-14(20)16(2)7-10(17)8-21-3/h4-6,10,17H,7-8H2,1-3H3,(H,15,20)(H,18,19). The van der Waals surface area contributed by atoms with Gasteiger partial charge in [-0.25, -0.2) is 9.59 Å². The van der Waals surface area contributed by atoms with Crippen LogP contribution in [0.15, 0.2) is 18.2 Å². The van der Waals surface area contributed by atoms with E-state index >= 15 is 0 Å². The molecule has 2 amide bonds. The van der Waals surface area contributed by atoms with E-state index in [2.05, 4.69) is 5.32 Å². The number of carbonyl (C=O) groups excluding carboxylic acids is 1. The summed E-state index contributed by atoms with van der Waals surface area (Å²) in [5, 5.41) is 21.2. The van der Waals surface area contributed by atoms with Gasteiger partial charge in [0.05, 0.1) is 24.8 Å². The van der Waals surface area contributed by atoms with Crippen molar-refractivity contribution in [2.45, 2.75) is 13.0 Å². The lowest BCUT2D eigenvalue weighted by Crippen LogP contribution is -2.38. The highest BCUT2D eigenvalue weighted by Gasteiger charge is 2.16. The molecule has 1 rings (SSSR count). The number of aliphatic hydroxyl groups is 1. The number of anilines is 1. The second-order valence-corrected chi connectivity index (χ2v) is 4.70. The van der Waals surface area contributed by atoms with Crippen molar-refractivity contribution in [3.8, 4) is 0 Å². The summed E-state index contributed by atoms with van der Waals surface area (Å²) < 4.78 is 4.79. The summed E-state index contributed by atoms with van der Waals surface area (Å²) in [7, 11) is 2.99. The first-order chi connectivity index (χ1) is 9.86. The zero-order valence-electron chi connectivity index (χ0n) is 12.3. The molecular weight excluding hydrogens is 276 g/mol. The molecule has 116 valence electrons. The summed E-state index contributed by atoms with van der Waals surface area (Å²) in [5.41, 5.74) is 1.03. The molecule has 0 fully saturated rings. The lowest BCUT2D eigenvalue weighted by atomic mass is 10.1. The van der Waals surface area contributed by atoms with Crippen LogP contribution in [-0.4, -0.2) is 60.5 Å². The van der Waals surface area contributed by atoms with Crippen molar-refractivity contribution in [2.75, 3.05) is 32.6 Å². The summed E-state index contributed by atoms with van der Waals surface area (Å²) in [6, 6.07) is 4.22. The molecule has 1 aromatic rings. The molecule has 7 heteroatoms. The van der Waals surface area contributed by atoms with Crippen molar-refractivity contribution in [1.29, 1.82) is 0 Å². The van der Waals surface area contributed by atoms with Crippen LogP contribution in [0.2, 0.25) is 0 Å². The maximum atomic E-state index is 12.0. The number of carboxylic acids is 1. The highest BCUT2D eigenvalue weighted by Crippen LogP contribution is 2.19. The Morgan fingerprint density at radius 2 is 2.10 bits per heavy atom. The molecule has 0 saturated carbocycles. The number of likely N-dealkylation sites (N-methyl/N-ethyl adjacent to an activating group) is 1. The number of nitrogens with zero attached hydrogens (tertiary/aromatic N) is 1. The first-order valence-electron chi connectivity index (χ1n) is 6.38. The Morgan fingerprint density at radius 3 is 2.67 bits per heavy atom. The van der Waals surface area contributed by atoms with Crippen LogP contribution in [0.4, 0.5) is 10.5 Å². The third kappa shape index (κ3) is 4.73. The summed E-state index contributed by atoms with van der Waals surface area (Å²) in [5.74, 6) is -1.05. The molecule has 0 aliphatic heterocycles. The van der Waals surface area contributed by atoms with Gasteiger partial charge in [0.2, 0.25) is 0 Å². The van der Waals surface area contributed by atoms with Gasteiger partial charge in [-0.3, -0.25) is 0 Å². The first-order valence-corrected chi connectivity index (χ1v) is 6.38. The van der Waals surface area contributed by atoms with Crippen molar-refractivity contribution in [1.82, 2.24) is 4.90 Å².